The van der Waals surface area contributed by atoms with E-state index in [9.17, 15) is 4.79 Å². The van der Waals surface area contributed by atoms with E-state index in [-0.39, 0.29) is 5.91 Å². The first-order chi connectivity index (χ1) is 9.20. The van der Waals surface area contributed by atoms with Gasteiger partial charge in [-0.25, -0.2) is 10.5 Å². The van der Waals surface area contributed by atoms with E-state index in [1.54, 1.807) is 18.3 Å². The minimum atomic E-state index is -0.325. The standard InChI is InChI=1S/C12H13N3O3S/c1-8-6-9(14-18-8)7-19-12-10(4-3-5-13-12)11(16)15-17-2/h3-6H,7H2,1-2H3,(H,15,16). The van der Waals surface area contributed by atoms with Crippen molar-refractivity contribution >= 4 is 17.7 Å². The molecule has 6 nitrogen and oxygen atoms in total. The molecule has 2 heterocycles. The van der Waals surface area contributed by atoms with Gasteiger partial charge in [-0.2, -0.15) is 0 Å². The van der Waals surface area contributed by atoms with Crippen LogP contribution < -0.4 is 5.48 Å². The van der Waals surface area contributed by atoms with Crippen LogP contribution in [0.5, 0.6) is 0 Å². The lowest BCUT2D eigenvalue weighted by molar-refractivity contribution is 0.0534. The fourth-order valence-electron chi connectivity index (χ4n) is 1.45. The van der Waals surface area contributed by atoms with E-state index in [1.165, 1.54) is 18.9 Å². The van der Waals surface area contributed by atoms with Gasteiger partial charge in [-0.15, -0.1) is 0 Å². The minimum absolute atomic E-state index is 0.325. The van der Waals surface area contributed by atoms with Crippen molar-refractivity contribution in [1.82, 2.24) is 15.6 Å². The number of hydrogen-bond acceptors (Lipinski definition) is 6. The molecule has 100 valence electrons. The molecule has 2 rings (SSSR count). The summed E-state index contributed by atoms with van der Waals surface area (Å²) in [5.41, 5.74) is 3.56. The number of thioether (sulfide) groups is 1. The van der Waals surface area contributed by atoms with Gasteiger partial charge >= 0.3 is 0 Å². The third-order valence-corrected chi connectivity index (χ3v) is 3.28. The Morgan fingerprint density at radius 1 is 1.58 bits per heavy atom. The molecule has 0 radical (unpaired) electrons. The first-order valence-electron chi connectivity index (χ1n) is 5.54. The Bertz CT molecular complexity index is 571. The van der Waals surface area contributed by atoms with E-state index in [0.29, 0.717) is 16.3 Å². The molecular weight excluding hydrogens is 266 g/mol. The van der Waals surface area contributed by atoms with Crippen LogP contribution in [0.4, 0.5) is 0 Å². The number of hydroxylamine groups is 1. The van der Waals surface area contributed by atoms with Crippen LogP contribution in [0.25, 0.3) is 0 Å². The number of carbonyl (C=O) groups is 1. The van der Waals surface area contributed by atoms with E-state index in [0.717, 1.165) is 11.5 Å². The van der Waals surface area contributed by atoms with E-state index in [4.69, 9.17) is 4.52 Å². The summed E-state index contributed by atoms with van der Waals surface area (Å²) in [6.45, 7) is 1.83. The van der Waals surface area contributed by atoms with Gasteiger partial charge in [0.25, 0.3) is 5.91 Å². The monoisotopic (exact) mass is 279 g/mol. The van der Waals surface area contributed by atoms with Crippen LogP contribution in [0.3, 0.4) is 0 Å². The molecule has 0 aromatic carbocycles. The molecule has 7 heteroatoms. The number of amides is 1. The second kappa shape index (κ2) is 6.35. The lowest BCUT2D eigenvalue weighted by Crippen LogP contribution is -2.22. The third kappa shape index (κ3) is 3.55. The van der Waals surface area contributed by atoms with Crippen molar-refractivity contribution in [2.24, 2.45) is 0 Å². The Hall–Kier alpha value is -1.86. The molecule has 0 bridgehead atoms. The number of rotatable bonds is 5. The number of aromatic nitrogens is 2. The smallest absolute Gasteiger partial charge is 0.277 e. The Kier molecular flexibility index (Phi) is 4.53. The number of aryl methyl sites for hydroxylation is 1. The highest BCUT2D eigenvalue weighted by atomic mass is 32.2. The number of nitrogens with one attached hydrogen (secondary N) is 1. The summed E-state index contributed by atoms with van der Waals surface area (Å²) in [5, 5.41) is 4.52. The van der Waals surface area contributed by atoms with Gasteiger partial charge in [0.15, 0.2) is 0 Å². The second-order valence-electron chi connectivity index (χ2n) is 3.71. The van der Waals surface area contributed by atoms with Crippen molar-refractivity contribution in [3.05, 3.63) is 41.4 Å². The molecule has 0 aliphatic rings. The summed E-state index contributed by atoms with van der Waals surface area (Å²) in [5.74, 6) is 1.02. The van der Waals surface area contributed by atoms with Gasteiger partial charge in [-0.05, 0) is 19.1 Å². The Morgan fingerprint density at radius 2 is 2.42 bits per heavy atom. The highest BCUT2D eigenvalue weighted by molar-refractivity contribution is 7.98. The highest BCUT2D eigenvalue weighted by Crippen LogP contribution is 2.23. The molecule has 0 fully saturated rings. The zero-order chi connectivity index (χ0) is 13.7. The zero-order valence-electron chi connectivity index (χ0n) is 10.5. The second-order valence-corrected chi connectivity index (χ2v) is 4.67. The van der Waals surface area contributed by atoms with E-state index in [1.807, 2.05) is 13.0 Å². The van der Waals surface area contributed by atoms with Crippen LogP contribution in [0, 0.1) is 6.92 Å². The van der Waals surface area contributed by atoms with Gasteiger partial charge in [0.05, 0.1) is 18.4 Å². The SMILES string of the molecule is CONC(=O)c1cccnc1SCc1cc(C)on1. The van der Waals surface area contributed by atoms with Gasteiger partial charge in [0.1, 0.15) is 10.8 Å². The molecule has 0 spiro atoms. The number of pyridine rings is 1. The number of carbonyl (C=O) groups excluding carboxylic acids is 1. The van der Waals surface area contributed by atoms with Crippen molar-refractivity contribution < 1.29 is 14.2 Å². The summed E-state index contributed by atoms with van der Waals surface area (Å²) in [7, 11) is 1.39. The average molecular weight is 279 g/mol. The highest BCUT2D eigenvalue weighted by Gasteiger charge is 2.13. The van der Waals surface area contributed by atoms with Gasteiger partial charge < -0.3 is 4.52 Å². The van der Waals surface area contributed by atoms with Crippen molar-refractivity contribution in [2.45, 2.75) is 17.7 Å². The van der Waals surface area contributed by atoms with Crippen LogP contribution in [0.1, 0.15) is 21.8 Å². The first-order valence-corrected chi connectivity index (χ1v) is 6.52. The fourth-order valence-corrected chi connectivity index (χ4v) is 2.33. The summed E-state index contributed by atoms with van der Waals surface area (Å²) < 4.78 is 4.99. The minimum Gasteiger partial charge on any atom is -0.361 e. The van der Waals surface area contributed by atoms with E-state index >= 15 is 0 Å². The van der Waals surface area contributed by atoms with Crippen molar-refractivity contribution in [3.63, 3.8) is 0 Å². The molecule has 0 saturated heterocycles. The van der Waals surface area contributed by atoms with Gasteiger partial charge in [-0.1, -0.05) is 16.9 Å². The molecule has 1 N–H and O–H groups in total. The normalized spacial score (nSPS) is 10.4. The Morgan fingerprint density at radius 3 is 3.11 bits per heavy atom. The summed E-state index contributed by atoms with van der Waals surface area (Å²) in [4.78, 5) is 20.6. The molecule has 0 aliphatic carbocycles. The van der Waals surface area contributed by atoms with Crippen molar-refractivity contribution in [1.29, 1.82) is 0 Å². The average Bonchev–Trinajstić information content (AvgIpc) is 2.83. The number of hydrogen-bond donors (Lipinski definition) is 1. The Labute approximate surface area is 114 Å². The van der Waals surface area contributed by atoms with Gasteiger partial charge in [-0.3, -0.25) is 9.63 Å². The van der Waals surface area contributed by atoms with Crippen molar-refractivity contribution in [3.8, 4) is 0 Å². The largest absolute Gasteiger partial charge is 0.361 e. The van der Waals surface area contributed by atoms with E-state index in [2.05, 4.69) is 20.5 Å². The van der Waals surface area contributed by atoms with Crippen LogP contribution in [-0.4, -0.2) is 23.2 Å². The maximum absolute atomic E-state index is 11.8. The van der Waals surface area contributed by atoms with Gasteiger partial charge in [0.2, 0.25) is 0 Å². The van der Waals surface area contributed by atoms with Crippen LogP contribution in [-0.2, 0) is 10.6 Å². The molecule has 19 heavy (non-hydrogen) atoms. The summed E-state index contributed by atoms with van der Waals surface area (Å²) in [6.07, 6.45) is 1.64. The Balaban J connectivity index is 2.09. The molecule has 2 aromatic rings. The molecule has 1 amide bonds. The lowest BCUT2D eigenvalue weighted by Gasteiger charge is -2.06. The lowest BCUT2D eigenvalue weighted by atomic mass is 10.3. The van der Waals surface area contributed by atoms with Crippen LogP contribution in [0.2, 0.25) is 0 Å². The maximum Gasteiger partial charge on any atom is 0.277 e. The summed E-state index contributed by atoms with van der Waals surface area (Å²) in [6, 6.07) is 5.25. The first kappa shape index (κ1) is 13.6. The molecule has 0 aliphatic heterocycles. The van der Waals surface area contributed by atoms with E-state index < -0.39 is 0 Å². The predicted molar refractivity (Wildman–Crippen MR) is 69.5 cm³/mol. The van der Waals surface area contributed by atoms with Crippen LogP contribution >= 0.6 is 11.8 Å². The summed E-state index contributed by atoms with van der Waals surface area (Å²) >= 11 is 1.42. The molecule has 0 saturated carbocycles. The topological polar surface area (TPSA) is 77.2 Å². The molecule has 0 atom stereocenters. The molecular formula is C12H13N3O3S. The van der Waals surface area contributed by atoms with Crippen LogP contribution in [0.15, 0.2) is 33.9 Å². The maximum atomic E-state index is 11.8. The molecule has 0 unspecified atom stereocenters. The zero-order valence-corrected chi connectivity index (χ0v) is 11.4. The quantitative estimate of drug-likeness (QED) is 0.666. The third-order valence-electron chi connectivity index (χ3n) is 2.24. The predicted octanol–water partition coefficient (Wildman–Crippen LogP) is 1.96. The fraction of sp³-hybridized carbons (Fsp3) is 0.250. The molecule has 2 aromatic heterocycles. The number of nitrogens with zero attached hydrogens (tertiary/aromatic N) is 2. The van der Waals surface area contributed by atoms with Gasteiger partial charge in [0, 0.05) is 18.0 Å². The van der Waals surface area contributed by atoms with Crippen molar-refractivity contribution in [2.75, 3.05) is 7.11 Å².